The Balaban J connectivity index is 1.55. The van der Waals surface area contributed by atoms with Crippen molar-refractivity contribution in [3.05, 3.63) is 29.8 Å². The van der Waals surface area contributed by atoms with E-state index < -0.39 is 0 Å². The summed E-state index contributed by atoms with van der Waals surface area (Å²) in [6.45, 7) is 4.43. The Hall–Kier alpha value is -2.08. The van der Waals surface area contributed by atoms with Crippen LogP contribution in [0, 0.1) is 0 Å². The third-order valence-corrected chi connectivity index (χ3v) is 4.81. The van der Waals surface area contributed by atoms with Gasteiger partial charge in [-0.3, -0.25) is 9.59 Å². The first kappa shape index (κ1) is 17.7. The van der Waals surface area contributed by atoms with Crippen molar-refractivity contribution in [2.75, 3.05) is 51.3 Å². The summed E-state index contributed by atoms with van der Waals surface area (Å²) in [5, 5.41) is 3.17. The minimum Gasteiger partial charge on any atom is -0.378 e. The van der Waals surface area contributed by atoms with Gasteiger partial charge >= 0.3 is 0 Å². The lowest BCUT2D eigenvalue weighted by Gasteiger charge is -2.27. The van der Waals surface area contributed by atoms with E-state index in [9.17, 15) is 9.59 Å². The van der Waals surface area contributed by atoms with Crippen LogP contribution >= 0.6 is 0 Å². The molecule has 2 heterocycles. The van der Waals surface area contributed by atoms with Gasteiger partial charge in [0, 0.05) is 37.4 Å². The van der Waals surface area contributed by atoms with Crippen molar-refractivity contribution in [1.29, 1.82) is 0 Å². The maximum absolute atomic E-state index is 12.5. The van der Waals surface area contributed by atoms with E-state index in [0.29, 0.717) is 31.9 Å². The summed E-state index contributed by atoms with van der Waals surface area (Å²) in [4.78, 5) is 28.7. The Morgan fingerprint density at radius 1 is 0.960 bits per heavy atom. The highest BCUT2D eigenvalue weighted by Crippen LogP contribution is 2.14. The molecule has 0 unspecified atom stereocenters. The van der Waals surface area contributed by atoms with Crippen molar-refractivity contribution in [2.24, 2.45) is 0 Å². The predicted molar refractivity (Wildman–Crippen MR) is 96.7 cm³/mol. The number of carbonyl (C=O) groups is 2. The third kappa shape index (κ3) is 4.95. The quantitative estimate of drug-likeness (QED) is 0.906. The largest absolute Gasteiger partial charge is 0.378 e. The molecule has 0 bridgehead atoms. The molecule has 0 radical (unpaired) electrons. The second-order valence-corrected chi connectivity index (χ2v) is 6.63. The topological polar surface area (TPSA) is 61.9 Å². The molecule has 1 aromatic carbocycles. The summed E-state index contributed by atoms with van der Waals surface area (Å²) in [5.74, 6) is 0.151. The molecule has 1 N–H and O–H groups in total. The number of rotatable bonds is 4. The number of nitrogens with zero attached hydrogens (tertiary/aromatic N) is 2. The number of anilines is 1. The molecule has 0 spiro atoms. The van der Waals surface area contributed by atoms with Gasteiger partial charge in [-0.1, -0.05) is 18.9 Å². The number of ether oxygens (including phenoxy) is 1. The van der Waals surface area contributed by atoms with Gasteiger partial charge in [0.15, 0.2) is 0 Å². The van der Waals surface area contributed by atoms with Gasteiger partial charge in [-0.25, -0.2) is 0 Å². The Labute approximate surface area is 149 Å². The fourth-order valence-electron chi connectivity index (χ4n) is 3.32. The third-order valence-electron chi connectivity index (χ3n) is 4.81. The maximum Gasteiger partial charge on any atom is 0.254 e. The number of carbonyl (C=O) groups excluding carboxylic acids is 2. The van der Waals surface area contributed by atoms with E-state index in [0.717, 1.165) is 31.6 Å². The molecule has 2 amide bonds. The van der Waals surface area contributed by atoms with Crippen LogP contribution in [-0.2, 0) is 9.53 Å². The van der Waals surface area contributed by atoms with Gasteiger partial charge in [-0.05, 0) is 31.0 Å². The normalized spacial score (nSPS) is 18.6. The van der Waals surface area contributed by atoms with E-state index >= 15 is 0 Å². The number of hydrogen-bond donors (Lipinski definition) is 1. The molecule has 0 aliphatic carbocycles. The first-order chi connectivity index (χ1) is 12.2. The summed E-state index contributed by atoms with van der Waals surface area (Å²) in [5.41, 5.74) is 1.46. The van der Waals surface area contributed by atoms with Crippen LogP contribution in [0.4, 0.5) is 5.69 Å². The minimum absolute atomic E-state index is 0.0193. The van der Waals surface area contributed by atoms with Crippen molar-refractivity contribution < 1.29 is 14.3 Å². The maximum atomic E-state index is 12.5. The summed E-state index contributed by atoms with van der Waals surface area (Å²) in [7, 11) is 0. The molecule has 6 nitrogen and oxygen atoms in total. The lowest BCUT2D eigenvalue weighted by atomic mass is 10.1. The first-order valence-corrected chi connectivity index (χ1v) is 9.23. The zero-order chi connectivity index (χ0) is 17.5. The van der Waals surface area contributed by atoms with Crippen LogP contribution in [0.25, 0.3) is 0 Å². The molecular formula is C19H27N3O3. The fraction of sp³-hybridized carbons (Fsp3) is 0.579. The second kappa shape index (κ2) is 8.85. The van der Waals surface area contributed by atoms with Gasteiger partial charge in [0.05, 0.1) is 19.8 Å². The standard InChI is InChI=1S/C19H27N3O3/c23-18(21-8-3-1-2-4-9-21)15-20-17-7-5-6-16(14-17)19(24)22-10-12-25-13-11-22/h5-7,14,20H,1-4,8-13,15H2. The molecule has 2 aliphatic heterocycles. The van der Waals surface area contributed by atoms with Gasteiger partial charge in [0.1, 0.15) is 0 Å². The highest BCUT2D eigenvalue weighted by atomic mass is 16.5. The van der Waals surface area contributed by atoms with Crippen LogP contribution in [0.2, 0.25) is 0 Å². The molecule has 1 aromatic rings. The van der Waals surface area contributed by atoms with Crippen LogP contribution in [-0.4, -0.2) is 67.6 Å². The lowest BCUT2D eigenvalue weighted by molar-refractivity contribution is -0.129. The van der Waals surface area contributed by atoms with E-state index in [4.69, 9.17) is 4.74 Å². The van der Waals surface area contributed by atoms with Crippen LogP contribution in [0.5, 0.6) is 0 Å². The Kier molecular flexibility index (Phi) is 6.28. The smallest absolute Gasteiger partial charge is 0.254 e. The Bertz CT molecular complexity index is 591. The van der Waals surface area contributed by atoms with Crippen LogP contribution in [0.15, 0.2) is 24.3 Å². The molecule has 0 aromatic heterocycles. The van der Waals surface area contributed by atoms with Crippen LogP contribution in [0.1, 0.15) is 36.0 Å². The SMILES string of the molecule is O=C(CNc1cccc(C(=O)N2CCOCC2)c1)N1CCCCCC1. The highest BCUT2D eigenvalue weighted by molar-refractivity contribution is 5.95. The second-order valence-electron chi connectivity index (χ2n) is 6.63. The summed E-state index contributed by atoms with van der Waals surface area (Å²) in [6, 6.07) is 7.39. The van der Waals surface area contributed by atoms with E-state index in [1.54, 1.807) is 0 Å². The Morgan fingerprint density at radius 2 is 1.68 bits per heavy atom. The number of benzene rings is 1. The van der Waals surface area contributed by atoms with Crippen LogP contribution in [0.3, 0.4) is 0 Å². The molecule has 3 rings (SSSR count). The van der Waals surface area contributed by atoms with Crippen molar-refractivity contribution in [2.45, 2.75) is 25.7 Å². The zero-order valence-electron chi connectivity index (χ0n) is 14.7. The van der Waals surface area contributed by atoms with Crippen molar-refractivity contribution in [3.8, 4) is 0 Å². The average molecular weight is 345 g/mol. The number of hydrogen-bond acceptors (Lipinski definition) is 4. The highest BCUT2D eigenvalue weighted by Gasteiger charge is 2.19. The van der Waals surface area contributed by atoms with Gasteiger partial charge in [-0.15, -0.1) is 0 Å². The molecule has 136 valence electrons. The number of likely N-dealkylation sites (tertiary alicyclic amines) is 1. The van der Waals surface area contributed by atoms with Gasteiger partial charge < -0.3 is 19.9 Å². The van der Waals surface area contributed by atoms with Crippen LogP contribution < -0.4 is 5.32 Å². The van der Waals surface area contributed by atoms with Crippen molar-refractivity contribution in [3.63, 3.8) is 0 Å². The molecule has 2 saturated heterocycles. The first-order valence-electron chi connectivity index (χ1n) is 9.23. The number of nitrogens with one attached hydrogen (secondary N) is 1. The van der Waals surface area contributed by atoms with E-state index in [-0.39, 0.29) is 18.4 Å². The predicted octanol–water partition coefficient (Wildman–Crippen LogP) is 1.97. The minimum atomic E-state index is 0.0193. The molecule has 25 heavy (non-hydrogen) atoms. The van der Waals surface area contributed by atoms with Gasteiger partial charge in [0.2, 0.25) is 5.91 Å². The zero-order valence-corrected chi connectivity index (χ0v) is 14.7. The summed E-state index contributed by atoms with van der Waals surface area (Å²) in [6.07, 6.45) is 4.61. The number of morpholine rings is 1. The van der Waals surface area contributed by atoms with Gasteiger partial charge in [0.25, 0.3) is 5.91 Å². The molecule has 0 atom stereocenters. The molecule has 2 fully saturated rings. The molecular weight excluding hydrogens is 318 g/mol. The van der Waals surface area contributed by atoms with Gasteiger partial charge in [-0.2, -0.15) is 0 Å². The monoisotopic (exact) mass is 345 g/mol. The molecule has 6 heteroatoms. The molecule has 0 saturated carbocycles. The average Bonchev–Trinajstić information content (AvgIpc) is 2.96. The van der Waals surface area contributed by atoms with E-state index in [1.807, 2.05) is 34.1 Å². The number of amides is 2. The molecule has 2 aliphatic rings. The van der Waals surface area contributed by atoms with E-state index in [2.05, 4.69) is 5.32 Å². The van der Waals surface area contributed by atoms with Crippen molar-refractivity contribution in [1.82, 2.24) is 9.80 Å². The summed E-state index contributed by atoms with van der Waals surface area (Å²) < 4.78 is 5.29. The van der Waals surface area contributed by atoms with Crippen molar-refractivity contribution >= 4 is 17.5 Å². The van der Waals surface area contributed by atoms with E-state index in [1.165, 1.54) is 12.8 Å². The fourth-order valence-corrected chi connectivity index (χ4v) is 3.32. The Morgan fingerprint density at radius 3 is 2.40 bits per heavy atom. The lowest BCUT2D eigenvalue weighted by Crippen LogP contribution is -2.40. The summed E-state index contributed by atoms with van der Waals surface area (Å²) >= 11 is 0.